The highest BCUT2D eigenvalue weighted by atomic mass is 19.4. The Hall–Kier alpha value is -4.19. The summed E-state index contributed by atoms with van der Waals surface area (Å²) in [4.78, 5) is 32.9. The fourth-order valence-electron chi connectivity index (χ4n) is 3.31. The molecule has 0 unspecified atom stereocenters. The number of carboxylic acids is 1. The first-order chi connectivity index (χ1) is 17.5. The second-order valence-corrected chi connectivity index (χ2v) is 7.55. The van der Waals surface area contributed by atoms with Crippen LogP contribution in [0.1, 0.15) is 6.92 Å². The predicted molar refractivity (Wildman–Crippen MR) is 121 cm³/mol. The van der Waals surface area contributed by atoms with E-state index in [0.29, 0.717) is 19.0 Å². The van der Waals surface area contributed by atoms with Crippen LogP contribution in [-0.4, -0.2) is 62.5 Å². The molecule has 0 bridgehead atoms. The number of fused-ring (bicyclic) bond motifs is 1. The number of carboxylic acid groups (broad SMARTS) is 1. The highest BCUT2D eigenvalue weighted by Crippen LogP contribution is 2.27. The molecule has 2 aromatic heterocycles. The first-order valence-electron chi connectivity index (χ1n) is 10.7. The van der Waals surface area contributed by atoms with Crippen molar-refractivity contribution in [2.75, 3.05) is 31.1 Å². The van der Waals surface area contributed by atoms with Crippen molar-refractivity contribution < 1.29 is 36.6 Å². The molecule has 15 heteroatoms. The summed E-state index contributed by atoms with van der Waals surface area (Å²) in [7, 11) is 1.43. The second-order valence-electron chi connectivity index (χ2n) is 7.55. The lowest BCUT2D eigenvalue weighted by atomic mass is 10.3. The number of benzene rings is 1. The van der Waals surface area contributed by atoms with Crippen LogP contribution in [0.25, 0.3) is 11.2 Å². The van der Waals surface area contributed by atoms with E-state index in [4.69, 9.17) is 14.6 Å². The molecular weight excluding hydrogens is 507 g/mol. The lowest BCUT2D eigenvalue weighted by Crippen LogP contribution is -2.44. The number of aliphatic carboxylic acids is 1. The van der Waals surface area contributed by atoms with Gasteiger partial charge in [-0.15, -0.1) is 5.92 Å². The standard InChI is InChI=1S/C20H20F2N6O2.C2HF3O2/c1-3-4-10-28-15-17(24-19(28)27-11-8-23-9-12-27)25-20(26(2)18(15)29)30-16-13(21)6-5-7-14(16)22;3-2(4,5)1(6)7/h5-7,23H,8-12H2,1-2H3;(H,6,7). The number of hydrogen-bond donors (Lipinski definition) is 2. The van der Waals surface area contributed by atoms with Gasteiger partial charge in [-0.05, 0) is 19.1 Å². The number of imidazole rings is 1. The Balaban J connectivity index is 0.000000479. The first-order valence-corrected chi connectivity index (χ1v) is 10.7. The number of nitrogens with zero attached hydrogens (tertiary/aromatic N) is 5. The average Bonchev–Trinajstić information content (AvgIpc) is 3.21. The molecule has 1 aliphatic rings. The minimum absolute atomic E-state index is 0.135. The van der Waals surface area contributed by atoms with E-state index in [-0.39, 0.29) is 23.7 Å². The number of piperazine rings is 1. The van der Waals surface area contributed by atoms with E-state index in [2.05, 4.69) is 27.1 Å². The SMILES string of the molecule is CC#CCn1c(N2CCNCC2)nc2nc(Oc3c(F)cccc3F)n(C)c(=O)c21.O=C(O)C(F)(F)F. The van der Waals surface area contributed by atoms with Crippen LogP contribution in [0.4, 0.5) is 27.9 Å². The van der Waals surface area contributed by atoms with Gasteiger partial charge in [0.1, 0.15) is 0 Å². The summed E-state index contributed by atoms with van der Waals surface area (Å²) < 4.78 is 67.9. The number of carbonyl (C=O) groups is 1. The van der Waals surface area contributed by atoms with E-state index < -0.39 is 35.1 Å². The average molecular weight is 528 g/mol. The van der Waals surface area contributed by atoms with Gasteiger partial charge in [-0.2, -0.15) is 23.1 Å². The number of alkyl halides is 3. The van der Waals surface area contributed by atoms with Crippen molar-refractivity contribution in [1.29, 1.82) is 0 Å². The van der Waals surface area contributed by atoms with Gasteiger partial charge >= 0.3 is 18.2 Å². The molecule has 1 fully saturated rings. The molecule has 10 nitrogen and oxygen atoms in total. The zero-order valence-electron chi connectivity index (χ0n) is 19.6. The molecule has 4 rings (SSSR count). The number of hydrogen-bond acceptors (Lipinski definition) is 7. The quantitative estimate of drug-likeness (QED) is 0.392. The molecule has 1 saturated heterocycles. The zero-order valence-corrected chi connectivity index (χ0v) is 19.6. The highest BCUT2D eigenvalue weighted by Gasteiger charge is 2.38. The molecule has 3 heterocycles. The third-order valence-electron chi connectivity index (χ3n) is 5.09. The van der Waals surface area contributed by atoms with Gasteiger partial charge in [0.15, 0.2) is 22.8 Å². The summed E-state index contributed by atoms with van der Waals surface area (Å²) in [6.45, 7) is 4.99. The van der Waals surface area contributed by atoms with Crippen LogP contribution in [-0.2, 0) is 18.4 Å². The van der Waals surface area contributed by atoms with Crippen molar-refractivity contribution in [3.05, 3.63) is 40.2 Å². The fourth-order valence-corrected chi connectivity index (χ4v) is 3.31. The topological polar surface area (TPSA) is 115 Å². The number of ether oxygens (including phenoxy) is 1. The van der Waals surface area contributed by atoms with Crippen molar-refractivity contribution in [3.63, 3.8) is 0 Å². The maximum absolute atomic E-state index is 14.0. The molecule has 2 N–H and O–H groups in total. The summed E-state index contributed by atoms with van der Waals surface area (Å²) >= 11 is 0. The van der Waals surface area contributed by atoms with Gasteiger partial charge in [0.25, 0.3) is 5.56 Å². The highest BCUT2D eigenvalue weighted by molar-refractivity contribution is 5.75. The Kier molecular flexibility index (Phi) is 8.33. The maximum Gasteiger partial charge on any atom is 0.490 e. The molecule has 0 spiro atoms. The molecule has 3 aromatic rings. The molecular formula is C22H21F5N6O4. The van der Waals surface area contributed by atoms with E-state index in [1.807, 2.05) is 4.90 Å². The van der Waals surface area contributed by atoms with E-state index in [0.717, 1.165) is 29.8 Å². The molecule has 0 amide bonds. The van der Waals surface area contributed by atoms with Crippen molar-refractivity contribution in [2.45, 2.75) is 19.6 Å². The summed E-state index contributed by atoms with van der Waals surface area (Å²) in [6.07, 6.45) is -5.08. The molecule has 0 aliphatic carbocycles. The van der Waals surface area contributed by atoms with Gasteiger partial charge in [-0.25, -0.2) is 13.6 Å². The second kappa shape index (κ2) is 11.2. The minimum Gasteiger partial charge on any atom is -0.475 e. The van der Waals surface area contributed by atoms with Crippen LogP contribution in [0, 0.1) is 23.5 Å². The number of para-hydroxylation sites is 1. The molecule has 1 aromatic carbocycles. The predicted octanol–water partition coefficient (Wildman–Crippen LogP) is 2.27. The largest absolute Gasteiger partial charge is 0.490 e. The Morgan fingerprint density at radius 3 is 2.32 bits per heavy atom. The number of rotatable bonds is 4. The van der Waals surface area contributed by atoms with Crippen LogP contribution in [0.3, 0.4) is 0 Å². The Morgan fingerprint density at radius 2 is 1.78 bits per heavy atom. The van der Waals surface area contributed by atoms with Crippen molar-refractivity contribution >= 4 is 23.1 Å². The number of nitrogens with one attached hydrogen (secondary N) is 1. The van der Waals surface area contributed by atoms with Crippen molar-refractivity contribution in [2.24, 2.45) is 7.05 Å². The maximum atomic E-state index is 14.0. The molecule has 0 saturated carbocycles. The van der Waals surface area contributed by atoms with Gasteiger partial charge in [0.2, 0.25) is 11.7 Å². The van der Waals surface area contributed by atoms with Crippen LogP contribution < -0.4 is 20.5 Å². The van der Waals surface area contributed by atoms with E-state index >= 15 is 0 Å². The monoisotopic (exact) mass is 528 g/mol. The first kappa shape index (κ1) is 27.4. The lowest BCUT2D eigenvalue weighted by Gasteiger charge is -2.28. The van der Waals surface area contributed by atoms with Gasteiger partial charge < -0.3 is 20.1 Å². The number of halogens is 5. The molecule has 1 aliphatic heterocycles. The normalized spacial score (nSPS) is 13.4. The Morgan fingerprint density at radius 1 is 1.19 bits per heavy atom. The Bertz CT molecular complexity index is 1400. The van der Waals surface area contributed by atoms with Crippen molar-refractivity contribution in [3.8, 4) is 23.6 Å². The van der Waals surface area contributed by atoms with Crippen molar-refractivity contribution in [1.82, 2.24) is 24.4 Å². The summed E-state index contributed by atoms with van der Waals surface area (Å²) in [6, 6.07) is 3.10. The summed E-state index contributed by atoms with van der Waals surface area (Å²) in [5.74, 6) is 1.19. The third-order valence-corrected chi connectivity index (χ3v) is 5.09. The van der Waals surface area contributed by atoms with Gasteiger partial charge in [-0.3, -0.25) is 13.9 Å². The van der Waals surface area contributed by atoms with E-state index in [1.54, 1.807) is 11.5 Å². The van der Waals surface area contributed by atoms with E-state index in [9.17, 15) is 26.7 Å². The van der Waals surface area contributed by atoms with Gasteiger partial charge in [-0.1, -0.05) is 12.0 Å². The lowest BCUT2D eigenvalue weighted by molar-refractivity contribution is -0.192. The molecule has 198 valence electrons. The third kappa shape index (κ3) is 6.15. The Labute approximate surface area is 206 Å². The summed E-state index contributed by atoms with van der Waals surface area (Å²) in [5.41, 5.74) is -0.0510. The fraction of sp³-hybridized carbons (Fsp3) is 0.364. The van der Waals surface area contributed by atoms with Gasteiger partial charge in [0.05, 0.1) is 6.54 Å². The molecule has 0 atom stereocenters. The van der Waals surface area contributed by atoms with Crippen LogP contribution in [0.5, 0.6) is 11.8 Å². The number of aromatic nitrogens is 4. The zero-order chi connectivity index (χ0) is 27.3. The summed E-state index contributed by atoms with van der Waals surface area (Å²) in [5, 5.41) is 10.4. The number of anilines is 1. The van der Waals surface area contributed by atoms with Gasteiger partial charge in [0, 0.05) is 33.2 Å². The van der Waals surface area contributed by atoms with E-state index in [1.165, 1.54) is 13.1 Å². The molecule has 0 radical (unpaired) electrons. The van der Waals surface area contributed by atoms with Crippen LogP contribution in [0.2, 0.25) is 0 Å². The smallest absolute Gasteiger partial charge is 0.475 e. The molecule has 37 heavy (non-hydrogen) atoms. The van der Waals surface area contributed by atoms with Crippen LogP contribution >= 0.6 is 0 Å². The van der Waals surface area contributed by atoms with Crippen LogP contribution in [0.15, 0.2) is 23.0 Å². The minimum atomic E-state index is -5.08.